The monoisotopic (exact) mass is 297 g/mol. The van der Waals surface area contributed by atoms with Gasteiger partial charge in [-0.05, 0) is 31.5 Å². The molecule has 0 spiro atoms. The molecule has 0 aromatic heterocycles. The van der Waals surface area contributed by atoms with E-state index in [1.807, 2.05) is 49.4 Å². The lowest BCUT2D eigenvalue weighted by Crippen LogP contribution is -2.36. The molecule has 1 aliphatic heterocycles. The Bertz CT molecular complexity index is 711. The number of amides is 1. The smallest absolute Gasteiger partial charge is 0.258 e. The van der Waals surface area contributed by atoms with Crippen molar-refractivity contribution >= 4 is 11.6 Å². The molecule has 1 aliphatic rings. The average molecular weight is 297 g/mol. The van der Waals surface area contributed by atoms with Gasteiger partial charge < -0.3 is 14.7 Å². The zero-order chi connectivity index (χ0) is 15.7. The minimum absolute atomic E-state index is 0.0508. The molecule has 0 bridgehead atoms. The minimum atomic E-state index is -0.539. The van der Waals surface area contributed by atoms with Crippen LogP contribution < -0.4 is 9.64 Å². The van der Waals surface area contributed by atoms with Gasteiger partial charge in [0.25, 0.3) is 5.91 Å². The van der Waals surface area contributed by atoms with Crippen molar-refractivity contribution in [1.82, 2.24) is 0 Å². The minimum Gasteiger partial charge on any atom is -0.497 e. The highest BCUT2D eigenvalue weighted by atomic mass is 16.5. The Morgan fingerprint density at radius 2 is 2.09 bits per heavy atom. The molecule has 0 aliphatic carbocycles. The molecule has 1 heterocycles. The second-order valence-electron chi connectivity index (χ2n) is 5.56. The number of fused-ring (bicyclic) bond motifs is 1. The van der Waals surface area contributed by atoms with Crippen LogP contribution in [-0.4, -0.2) is 24.7 Å². The number of hydrogen-bond acceptors (Lipinski definition) is 3. The van der Waals surface area contributed by atoms with Gasteiger partial charge in [-0.2, -0.15) is 0 Å². The van der Waals surface area contributed by atoms with E-state index in [2.05, 4.69) is 0 Å². The van der Waals surface area contributed by atoms with Crippen LogP contribution in [0.4, 0.5) is 5.69 Å². The molecule has 4 heteroatoms. The molecule has 22 heavy (non-hydrogen) atoms. The molecule has 2 aromatic carbocycles. The lowest BCUT2D eigenvalue weighted by atomic mass is 9.97. The highest BCUT2D eigenvalue weighted by molar-refractivity contribution is 6.07. The highest BCUT2D eigenvalue weighted by Crippen LogP contribution is 2.37. The molecule has 114 valence electrons. The molecule has 0 fully saturated rings. The Hall–Kier alpha value is -2.33. The van der Waals surface area contributed by atoms with E-state index in [4.69, 9.17) is 4.74 Å². The van der Waals surface area contributed by atoms with Crippen LogP contribution in [0.2, 0.25) is 0 Å². The maximum atomic E-state index is 12.8. The van der Waals surface area contributed by atoms with Gasteiger partial charge in [0.05, 0.1) is 18.9 Å². The van der Waals surface area contributed by atoms with Crippen LogP contribution >= 0.6 is 0 Å². The van der Waals surface area contributed by atoms with Gasteiger partial charge in [-0.3, -0.25) is 4.79 Å². The number of nitrogens with zero attached hydrogens (tertiary/aromatic N) is 1. The second kappa shape index (κ2) is 5.81. The number of benzene rings is 2. The molecule has 1 atom stereocenters. The zero-order valence-corrected chi connectivity index (χ0v) is 12.7. The van der Waals surface area contributed by atoms with Gasteiger partial charge in [0.15, 0.2) is 0 Å². The van der Waals surface area contributed by atoms with Crippen LogP contribution in [0.1, 0.15) is 34.0 Å². The van der Waals surface area contributed by atoms with Crippen LogP contribution in [0.25, 0.3) is 0 Å². The lowest BCUT2D eigenvalue weighted by molar-refractivity contribution is 0.0970. The summed E-state index contributed by atoms with van der Waals surface area (Å²) in [5.41, 5.74) is 3.21. The Morgan fingerprint density at radius 3 is 2.82 bits per heavy atom. The second-order valence-corrected chi connectivity index (χ2v) is 5.56. The predicted molar refractivity (Wildman–Crippen MR) is 85.4 cm³/mol. The van der Waals surface area contributed by atoms with Gasteiger partial charge >= 0.3 is 0 Å². The van der Waals surface area contributed by atoms with Gasteiger partial charge in [-0.15, -0.1) is 0 Å². The zero-order valence-electron chi connectivity index (χ0n) is 12.7. The van der Waals surface area contributed by atoms with Gasteiger partial charge in [0, 0.05) is 23.7 Å². The fourth-order valence-corrected chi connectivity index (χ4v) is 2.84. The molecule has 4 nitrogen and oxygen atoms in total. The number of carbonyl (C=O) groups excluding carboxylic acids is 1. The van der Waals surface area contributed by atoms with Gasteiger partial charge in [-0.25, -0.2) is 0 Å². The number of aliphatic hydroxyl groups excluding tert-OH is 1. The number of anilines is 1. The molecule has 1 N–H and O–H groups in total. The Labute approximate surface area is 130 Å². The summed E-state index contributed by atoms with van der Waals surface area (Å²) in [6, 6.07) is 13.0. The summed E-state index contributed by atoms with van der Waals surface area (Å²) in [7, 11) is 1.59. The van der Waals surface area contributed by atoms with Crippen LogP contribution in [0, 0.1) is 6.92 Å². The molecule has 0 radical (unpaired) electrons. The third kappa shape index (κ3) is 2.57. The maximum Gasteiger partial charge on any atom is 0.258 e. The quantitative estimate of drug-likeness (QED) is 0.926. The molecule has 1 amide bonds. The standard InChI is InChI=1S/C18H19NO3/c1-12-4-3-5-13(10-12)18(21)19-9-8-17(20)15-7-6-14(22-2)11-16(15)19/h3-7,10-11,17,20H,8-9H2,1-2H3. The van der Waals surface area contributed by atoms with Crippen LogP contribution in [0.3, 0.4) is 0 Å². The maximum absolute atomic E-state index is 12.8. The number of ether oxygens (including phenoxy) is 1. The number of rotatable bonds is 2. The van der Waals surface area contributed by atoms with E-state index >= 15 is 0 Å². The van der Waals surface area contributed by atoms with Crippen molar-refractivity contribution in [2.45, 2.75) is 19.4 Å². The summed E-state index contributed by atoms with van der Waals surface area (Å²) in [6.45, 7) is 2.46. The first-order valence-electron chi connectivity index (χ1n) is 7.34. The molecule has 0 saturated carbocycles. The lowest BCUT2D eigenvalue weighted by Gasteiger charge is -2.32. The topological polar surface area (TPSA) is 49.8 Å². The first-order valence-corrected chi connectivity index (χ1v) is 7.34. The molecule has 2 aromatic rings. The fourth-order valence-electron chi connectivity index (χ4n) is 2.84. The molecular weight excluding hydrogens is 278 g/mol. The van der Waals surface area contributed by atoms with Crippen molar-refractivity contribution in [3.05, 3.63) is 59.2 Å². The fraction of sp³-hybridized carbons (Fsp3) is 0.278. The third-order valence-corrected chi connectivity index (χ3v) is 4.02. The van der Waals surface area contributed by atoms with Crippen LogP contribution in [0.15, 0.2) is 42.5 Å². The summed E-state index contributed by atoms with van der Waals surface area (Å²) >= 11 is 0. The number of aliphatic hydroxyl groups is 1. The SMILES string of the molecule is COc1ccc2c(c1)N(C(=O)c1cccc(C)c1)CCC2O. The molecule has 1 unspecified atom stereocenters. The summed E-state index contributed by atoms with van der Waals surface area (Å²) < 4.78 is 5.25. The van der Waals surface area contributed by atoms with Crippen molar-refractivity contribution in [2.24, 2.45) is 0 Å². The van der Waals surface area contributed by atoms with E-state index in [9.17, 15) is 9.90 Å². The van der Waals surface area contributed by atoms with E-state index in [0.29, 0.717) is 24.3 Å². The van der Waals surface area contributed by atoms with Gasteiger partial charge in [0.2, 0.25) is 0 Å². The van der Waals surface area contributed by atoms with E-state index in [1.54, 1.807) is 12.0 Å². The summed E-state index contributed by atoms with van der Waals surface area (Å²) in [6.07, 6.45) is -0.000808. The van der Waals surface area contributed by atoms with Crippen molar-refractivity contribution in [2.75, 3.05) is 18.6 Å². The average Bonchev–Trinajstić information content (AvgIpc) is 2.54. The molecular formula is C18H19NO3. The Balaban J connectivity index is 2.02. The van der Waals surface area contributed by atoms with E-state index in [-0.39, 0.29) is 5.91 Å². The Morgan fingerprint density at radius 1 is 1.27 bits per heavy atom. The van der Waals surface area contributed by atoms with Crippen molar-refractivity contribution < 1.29 is 14.6 Å². The van der Waals surface area contributed by atoms with Crippen molar-refractivity contribution in [3.8, 4) is 5.75 Å². The van der Waals surface area contributed by atoms with Gasteiger partial charge in [-0.1, -0.05) is 23.8 Å². The predicted octanol–water partition coefficient (Wildman–Crippen LogP) is 3.09. The first kappa shape index (κ1) is 14.6. The summed E-state index contributed by atoms with van der Waals surface area (Å²) in [4.78, 5) is 14.5. The molecule has 0 saturated heterocycles. The van der Waals surface area contributed by atoms with Crippen molar-refractivity contribution in [3.63, 3.8) is 0 Å². The molecule has 3 rings (SSSR count). The van der Waals surface area contributed by atoms with Crippen LogP contribution in [-0.2, 0) is 0 Å². The summed E-state index contributed by atoms with van der Waals surface area (Å²) in [5, 5.41) is 10.2. The Kier molecular flexibility index (Phi) is 3.86. The van der Waals surface area contributed by atoms with E-state index < -0.39 is 6.10 Å². The van der Waals surface area contributed by atoms with Crippen LogP contribution in [0.5, 0.6) is 5.75 Å². The largest absolute Gasteiger partial charge is 0.497 e. The highest BCUT2D eigenvalue weighted by Gasteiger charge is 2.28. The first-order chi connectivity index (χ1) is 10.6. The van der Waals surface area contributed by atoms with Crippen molar-refractivity contribution in [1.29, 1.82) is 0 Å². The number of aryl methyl sites for hydroxylation is 1. The number of hydrogen-bond donors (Lipinski definition) is 1. The van der Waals surface area contributed by atoms with E-state index in [1.165, 1.54) is 0 Å². The number of carbonyl (C=O) groups is 1. The number of methoxy groups -OCH3 is 1. The third-order valence-electron chi connectivity index (χ3n) is 4.02. The van der Waals surface area contributed by atoms with E-state index in [0.717, 1.165) is 16.8 Å². The van der Waals surface area contributed by atoms with Gasteiger partial charge in [0.1, 0.15) is 5.75 Å². The summed E-state index contributed by atoms with van der Waals surface area (Å²) in [5.74, 6) is 0.625. The normalized spacial score (nSPS) is 17.0.